The third-order valence-electron chi connectivity index (χ3n) is 4.16. The van der Waals surface area contributed by atoms with E-state index in [2.05, 4.69) is 0 Å². The largest absolute Gasteiger partial charge is 0.376 e. The van der Waals surface area contributed by atoms with Crippen LogP contribution in [0.4, 0.5) is 0 Å². The zero-order valence-corrected chi connectivity index (χ0v) is 11.8. The van der Waals surface area contributed by atoms with Gasteiger partial charge in [-0.3, -0.25) is 4.79 Å². The SMILES string of the molecule is CC(OCC1CCCO1)C(=O)N1CCC(CN)CC1. The topological polar surface area (TPSA) is 64.8 Å². The quantitative estimate of drug-likeness (QED) is 0.801. The van der Waals surface area contributed by atoms with Gasteiger partial charge in [-0.25, -0.2) is 0 Å². The molecule has 110 valence electrons. The number of ether oxygens (including phenoxy) is 2. The van der Waals surface area contributed by atoms with Crippen molar-refractivity contribution in [2.45, 2.75) is 44.8 Å². The first-order valence-corrected chi connectivity index (χ1v) is 7.42. The molecule has 2 rings (SSSR count). The number of rotatable bonds is 5. The average Bonchev–Trinajstić information content (AvgIpc) is 2.97. The summed E-state index contributed by atoms with van der Waals surface area (Å²) in [4.78, 5) is 14.1. The molecule has 0 aromatic heterocycles. The summed E-state index contributed by atoms with van der Waals surface area (Å²) < 4.78 is 11.1. The van der Waals surface area contributed by atoms with Crippen LogP contribution in [0.3, 0.4) is 0 Å². The third-order valence-corrected chi connectivity index (χ3v) is 4.16. The van der Waals surface area contributed by atoms with E-state index in [1.54, 1.807) is 0 Å². The van der Waals surface area contributed by atoms with Crippen LogP contribution in [0.25, 0.3) is 0 Å². The molecule has 0 radical (unpaired) electrons. The fraction of sp³-hybridized carbons (Fsp3) is 0.929. The van der Waals surface area contributed by atoms with E-state index in [1.165, 1.54) is 0 Å². The van der Waals surface area contributed by atoms with Crippen LogP contribution in [0.2, 0.25) is 0 Å². The minimum absolute atomic E-state index is 0.105. The maximum atomic E-state index is 12.2. The highest BCUT2D eigenvalue weighted by Crippen LogP contribution is 2.18. The Kier molecular flexibility index (Phi) is 5.60. The Bertz CT molecular complexity index is 284. The minimum atomic E-state index is -0.362. The summed E-state index contributed by atoms with van der Waals surface area (Å²) in [5.74, 6) is 0.681. The van der Waals surface area contributed by atoms with Crippen molar-refractivity contribution in [1.29, 1.82) is 0 Å². The van der Waals surface area contributed by atoms with Crippen molar-refractivity contribution in [3.05, 3.63) is 0 Å². The van der Waals surface area contributed by atoms with Crippen molar-refractivity contribution in [3.63, 3.8) is 0 Å². The van der Waals surface area contributed by atoms with E-state index < -0.39 is 0 Å². The van der Waals surface area contributed by atoms with Gasteiger partial charge in [-0.2, -0.15) is 0 Å². The Hall–Kier alpha value is -0.650. The summed E-state index contributed by atoms with van der Waals surface area (Å²) in [6, 6.07) is 0. The van der Waals surface area contributed by atoms with E-state index in [0.717, 1.165) is 51.9 Å². The van der Waals surface area contributed by atoms with Gasteiger partial charge in [-0.05, 0) is 45.1 Å². The van der Waals surface area contributed by atoms with Gasteiger partial charge in [0.1, 0.15) is 6.10 Å². The first-order chi connectivity index (χ1) is 9.20. The average molecular weight is 270 g/mol. The zero-order chi connectivity index (χ0) is 13.7. The first kappa shape index (κ1) is 14.8. The second-order valence-corrected chi connectivity index (χ2v) is 5.61. The van der Waals surface area contributed by atoms with E-state index in [9.17, 15) is 4.79 Å². The zero-order valence-electron chi connectivity index (χ0n) is 11.8. The predicted molar refractivity (Wildman–Crippen MR) is 72.7 cm³/mol. The van der Waals surface area contributed by atoms with E-state index in [4.69, 9.17) is 15.2 Å². The number of likely N-dealkylation sites (tertiary alicyclic amines) is 1. The number of nitrogens with zero attached hydrogens (tertiary/aromatic N) is 1. The fourth-order valence-corrected chi connectivity index (χ4v) is 2.74. The monoisotopic (exact) mass is 270 g/mol. The number of nitrogens with two attached hydrogens (primary N) is 1. The standard InChI is InChI=1S/C14H26N2O3/c1-11(19-10-13-3-2-8-18-13)14(17)16-6-4-12(9-15)5-7-16/h11-13H,2-10,15H2,1H3. The molecule has 2 aliphatic heterocycles. The molecule has 0 aromatic rings. The lowest BCUT2D eigenvalue weighted by Crippen LogP contribution is -2.45. The molecule has 0 aliphatic carbocycles. The van der Waals surface area contributed by atoms with Crippen LogP contribution in [-0.4, -0.2) is 55.9 Å². The summed E-state index contributed by atoms with van der Waals surface area (Å²) in [7, 11) is 0. The summed E-state index contributed by atoms with van der Waals surface area (Å²) in [5, 5.41) is 0. The molecule has 2 fully saturated rings. The summed E-state index contributed by atoms with van der Waals surface area (Å²) >= 11 is 0. The predicted octanol–water partition coefficient (Wildman–Crippen LogP) is 0.768. The van der Waals surface area contributed by atoms with E-state index >= 15 is 0 Å². The lowest BCUT2D eigenvalue weighted by atomic mass is 9.97. The third kappa shape index (κ3) is 4.16. The molecule has 2 unspecified atom stereocenters. The van der Waals surface area contributed by atoms with Crippen molar-refractivity contribution in [2.75, 3.05) is 32.8 Å². The smallest absolute Gasteiger partial charge is 0.251 e. The number of hydrogen-bond donors (Lipinski definition) is 1. The highest BCUT2D eigenvalue weighted by molar-refractivity contribution is 5.80. The van der Waals surface area contributed by atoms with E-state index in [-0.39, 0.29) is 18.1 Å². The molecule has 0 spiro atoms. The van der Waals surface area contributed by atoms with Crippen molar-refractivity contribution in [3.8, 4) is 0 Å². The molecule has 1 amide bonds. The molecule has 19 heavy (non-hydrogen) atoms. The Morgan fingerprint density at radius 2 is 2.16 bits per heavy atom. The van der Waals surface area contributed by atoms with Gasteiger partial charge in [0.2, 0.25) is 0 Å². The van der Waals surface area contributed by atoms with Crippen molar-refractivity contribution >= 4 is 5.91 Å². The second kappa shape index (κ2) is 7.22. The van der Waals surface area contributed by atoms with Crippen molar-refractivity contribution < 1.29 is 14.3 Å². The van der Waals surface area contributed by atoms with Crippen LogP contribution in [0, 0.1) is 5.92 Å². The summed E-state index contributed by atoms with van der Waals surface area (Å²) in [6.45, 7) is 5.55. The van der Waals surface area contributed by atoms with Gasteiger partial charge in [-0.15, -0.1) is 0 Å². The maximum absolute atomic E-state index is 12.2. The van der Waals surface area contributed by atoms with Crippen molar-refractivity contribution in [1.82, 2.24) is 4.90 Å². The Morgan fingerprint density at radius 3 is 2.74 bits per heavy atom. The number of carbonyl (C=O) groups is 1. The van der Waals surface area contributed by atoms with Crippen LogP contribution in [0.15, 0.2) is 0 Å². The van der Waals surface area contributed by atoms with Crippen LogP contribution in [-0.2, 0) is 14.3 Å². The lowest BCUT2D eigenvalue weighted by Gasteiger charge is -2.33. The Morgan fingerprint density at radius 1 is 1.42 bits per heavy atom. The molecule has 2 aliphatic rings. The fourth-order valence-electron chi connectivity index (χ4n) is 2.74. The van der Waals surface area contributed by atoms with E-state index in [1.807, 2.05) is 11.8 Å². The molecule has 2 N–H and O–H groups in total. The minimum Gasteiger partial charge on any atom is -0.376 e. The molecular weight excluding hydrogens is 244 g/mol. The molecule has 0 aromatic carbocycles. The molecule has 5 heteroatoms. The molecule has 2 atom stereocenters. The first-order valence-electron chi connectivity index (χ1n) is 7.42. The van der Waals surface area contributed by atoms with E-state index in [0.29, 0.717) is 12.5 Å². The van der Waals surface area contributed by atoms with Gasteiger partial charge in [0.15, 0.2) is 0 Å². The molecule has 2 heterocycles. The van der Waals surface area contributed by atoms with Crippen LogP contribution in [0.5, 0.6) is 0 Å². The number of carbonyl (C=O) groups excluding carboxylic acids is 1. The van der Waals surface area contributed by atoms with Crippen LogP contribution in [0.1, 0.15) is 32.6 Å². The molecular formula is C14H26N2O3. The van der Waals surface area contributed by atoms with Gasteiger partial charge in [0, 0.05) is 19.7 Å². The van der Waals surface area contributed by atoms with Gasteiger partial charge in [0.05, 0.1) is 12.7 Å². The molecule has 5 nitrogen and oxygen atoms in total. The van der Waals surface area contributed by atoms with Gasteiger partial charge in [-0.1, -0.05) is 0 Å². The normalized spacial score (nSPS) is 26.6. The highest BCUT2D eigenvalue weighted by Gasteiger charge is 2.27. The number of amides is 1. The Balaban J connectivity index is 1.69. The molecule has 0 bridgehead atoms. The molecule has 0 saturated carbocycles. The lowest BCUT2D eigenvalue weighted by molar-refractivity contribution is -0.145. The number of hydrogen-bond acceptors (Lipinski definition) is 4. The Labute approximate surface area is 115 Å². The van der Waals surface area contributed by atoms with Crippen LogP contribution >= 0.6 is 0 Å². The van der Waals surface area contributed by atoms with Gasteiger partial charge < -0.3 is 20.1 Å². The number of piperidine rings is 1. The second-order valence-electron chi connectivity index (χ2n) is 5.61. The molecule has 2 saturated heterocycles. The summed E-state index contributed by atoms with van der Waals surface area (Å²) in [5.41, 5.74) is 5.66. The maximum Gasteiger partial charge on any atom is 0.251 e. The summed E-state index contributed by atoms with van der Waals surface area (Å²) in [6.07, 6.45) is 3.99. The van der Waals surface area contributed by atoms with Gasteiger partial charge in [0.25, 0.3) is 5.91 Å². The van der Waals surface area contributed by atoms with Gasteiger partial charge >= 0.3 is 0 Å². The highest BCUT2D eigenvalue weighted by atomic mass is 16.5. The van der Waals surface area contributed by atoms with Crippen molar-refractivity contribution in [2.24, 2.45) is 11.7 Å². The van der Waals surface area contributed by atoms with Crippen LogP contribution < -0.4 is 5.73 Å².